The summed E-state index contributed by atoms with van der Waals surface area (Å²) in [5.41, 5.74) is 1.89. The van der Waals surface area contributed by atoms with E-state index in [1.54, 1.807) is 12.1 Å². The third-order valence-corrected chi connectivity index (χ3v) is 4.29. The number of piperidine rings is 1. The first-order chi connectivity index (χ1) is 10.7. The van der Waals surface area contributed by atoms with Crippen LogP contribution < -0.4 is 5.32 Å². The normalized spacial score (nSPS) is 18.5. The summed E-state index contributed by atoms with van der Waals surface area (Å²) in [6.45, 7) is 1.48. The molecule has 1 saturated heterocycles. The number of rotatable bonds is 3. The van der Waals surface area contributed by atoms with E-state index in [1.165, 1.54) is 6.26 Å². The van der Waals surface area contributed by atoms with Crippen LogP contribution in [0.15, 0.2) is 35.1 Å². The first-order valence-corrected chi connectivity index (χ1v) is 7.73. The molecule has 3 rings (SSSR count). The number of aromatic nitrogens is 1. The van der Waals surface area contributed by atoms with Gasteiger partial charge in [0.1, 0.15) is 17.5 Å². The van der Waals surface area contributed by atoms with Gasteiger partial charge in [0.05, 0.1) is 0 Å². The van der Waals surface area contributed by atoms with Gasteiger partial charge in [-0.3, -0.25) is 4.79 Å². The molecule has 0 radical (unpaired) electrons. The van der Waals surface area contributed by atoms with Crippen LogP contribution in [0.4, 0.5) is 0 Å². The van der Waals surface area contributed by atoms with Crippen molar-refractivity contribution in [2.75, 3.05) is 20.1 Å². The van der Waals surface area contributed by atoms with Crippen molar-refractivity contribution < 1.29 is 9.32 Å². The summed E-state index contributed by atoms with van der Waals surface area (Å²) in [7, 11) is 1.93. The molecule has 2 heterocycles. The first-order valence-electron chi connectivity index (χ1n) is 7.36. The van der Waals surface area contributed by atoms with E-state index < -0.39 is 0 Å². The van der Waals surface area contributed by atoms with Crippen LogP contribution in [-0.4, -0.2) is 42.1 Å². The standard InChI is InChI=1S/C16H18ClN3O2/c1-18-13-3-2-8-20(9-13)16(21)14-10-22-19-15(14)11-4-6-12(17)7-5-11/h4-7,10,13,18H,2-3,8-9H2,1H3/t13-/m0/s1. The molecule has 0 bridgehead atoms. The fraction of sp³-hybridized carbons (Fsp3) is 0.375. The number of nitrogens with zero attached hydrogens (tertiary/aromatic N) is 2. The van der Waals surface area contributed by atoms with E-state index in [1.807, 2.05) is 24.1 Å². The minimum Gasteiger partial charge on any atom is -0.363 e. The molecule has 6 heteroatoms. The van der Waals surface area contributed by atoms with Crippen molar-refractivity contribution in [3.63, 3.8) is 0 Å². The monoisotopic (exact) mass is 319 g/mol. The predicted octanol–water partition coefficient (Wildman–Crippen LogP) is 2.82. The maximum Gasteiger partial charge on any atom is 0.259 e. The zero-order valence-electron chi connectivity index (χ0n) is 12.4. The van der Waals surface area contributed by atoms with Crippen molar-refractivity contribution >= 4 is 17.5 Å². The van der Waals surface area contributed by atoms with Crippen molar-refractivity contribution in [3.05, 3.63) is 41.1 Å². The molecule has 22 heavy (non-hydrogen) atoms. The van der Waals surface area contributed by atoms with Gasteiger partial charge in [0.15, 0.2) is 0 Å². The summed E-state index contributed by atoms with van der Waals surface area (Å²) in [6, 6.07) is 7.57. The Morgan fingerprint density at radius 1 is 1.41 bits per heavy atom. The lowest BCUT2D eigenvalue weighted by molar-refractivity contribution is 0.0698. The number of nitrogens with one attached hydrogen (secondary N) is 1. The smallest absolute Gasteiger partial charge is 0.259 e. The topological polar surface area (TPSA) is 58.4 Å². The van der Waals surface area contributed by atoms with E-state index in [9.17, 15) is 4.79 Å². The highest BCUT2D eigenvalue weighted by atomic mass is 35.5. The summed E-state index contributed by atoms with van der Waals surface area (Å²) in [4.78, 5) is 14.6. The van der Waals surface area contributed by atoms with Gasteiger partial charge in [0.25, 0.3) is 5.91 Å². The molecule has 0 saturated carbocycles. The van der Waals surface area contributed by atoms with Crippen molar-refractivity contribution in [2.24, 2.45) is 0 Å². The Labute approximate surface area is 134 Å². The summed E-state index contributed by atoms with van der Waals surface area (Å²) < 4.78 is 5.05. The number of hydrogen-bond donors (Lipinski definition) is 1. The van der Waals surface area contributed by atoms with E-state index in [4.69, 9.17) is 16.1 Å². The van der Waals surface area contributed by atoms with Gasteiger partial charge in [0.2, 0.25) is 0 Å². The molecule has 0 spiro atoms. The Bertz CT molecular complexity index is 654. The Balaban J connectivity index is 1.85. The second kappa shape index (κ2) is 6.50. The third-order valence-electron chi connectivity index (χ3n) is 4.03. The predicted molar refractivity (Wildman–Crippen MR) is 84.9 cm³/mol. The van der Waals surface area contributed by atoms with Crippen molar-refractivity contribution in [3.8, 4) is 11.3 Å². The SMILES string of the molecule is CN[C@H]1CCCN(C(=O)c2conc2-c2ccc(Cl)cc2)C1. The van der Waals surface area contributed by atoms with E-state index in [-0.39, 0.29) is 5.91 Å². The van der Waals surface area contributed by atoms with E-state index >= 15 is 0 Å². The second-order valence-electron chi connectivity index (χ2n) is 5.46. The Hall–Kier alpha value is -1.85. The van der Waals surface area contributed by atoms with Crippen LogP contribution in [0.3, 0.4) is 0 Å². The number of amides is 1. The molecule has 1 aliphatic rings. The number of benzene rings is 1. The van der Waals surface area contributed by atoms with Crippen LogP contribution in [0, 0.1) is 0 Å². The van der Waals surface area contributed by atoms with E-state index in [0.29, 0.717) is 28.9 Å². The molecule has 5 nitrogen and oxygen atoms in total. The molecular formula is C16H18ClN3O2. The van der Waals surface area contributed by atoms with Crippen molar-refractivity contribution in [1.29, 1.82) is 0 Å². The molecular weight excluding hydrogens is 302 g/mol. The molecule has 0 aliphatic carbocycles. The van der Waals surface area contributed by atoms with Crippen LogP contribution in [-0.2, 0) is 0 Å². The third kappa shape index (κ3) is 3.00. The average Bonchev–Trinajstić information content (AvgIpc) is 3.04. The minimum atomic E-state index is -0.0360. The van der Waals surface area contributed by atoms with Gasteiger partial charge in [-0.05, 0) is 32.0 Å². The number of hydrogen-bond acceptors (Lipinski definition) is 4. The van der Waals surface area contributed by atoms with Gasteiger partial charge in [-0.1, -0.05) is 28.9 Å². The van der Waals surface area contributed by atoms with Gasteiger partial charge in [-0.25, -0.2) is 0 Å². The largest absolute Gasteiger partial charge is 0.363 e. The molecule has 1 N–H and O–H groups in total. The highest BCUT2D eigenvalue weighted by Gasteiger charge is 2.27. The lowest BCUT2D eigenvalue weighted by atomic mass is 10.0. The quantitative estimate of drug-likeness (QED) is 0.945. The Kier molecular flexibility index (Phi) is 4.45. The molecule has 1 amide bonds. The molecule has 1 atom stereocenters. The van der Waals surface area contributed by atoms with Gasteiger partial charge in [0, 0.05) is 29.7 Å². The lowest BCUT2D eigenvalue weighted by Crippen LogP contribution is -2.47. The molecule has 1 fully saturated rings. The fourth-order valence-electron chi connectivity index (χ4n) is 2.77. The first kappa shape index (κ1) is 15.1. The van der Waals surface area contributed by atoms with E-state index in [0.717, 1.165) is 24.9 Å². The van der Waals surface area contributed by atoms with Crippen LogP contribution in [0.5, 0.6) is 0 Å². The highest BCUT2D eigenvalue weighted by molar-refractivity contribution is 6.30. The minimum absolute atomic E-state index is 0.0360. The number of likely N-dealkylation sites (tertiary alicyclic amines) is 1. The molecule has 1 aromatic carbocycles. The molecule has 2 aromatic rings. The van der Waals surface area contributed by atoms with Crippen molar-refractivity contribution in [2.45, 2.75) is 18.9 Å². The number of carbonyl (C=O) groups excluding carboxylic acids is 1. The second-order valence-corrected chi connectivity index (χ2v) is 5.90. The van der Waals surface area contributed by atoms with Crippen LogP contribution >= 0.6 is 11.6 Å². The molecule has 116 valence electrons. The molecule has 1 aliphatic heterocycles. The van der Waals surface area contributed by atoms with Gasteiger partial charge >= 0.3 is 0 Å². The Morgan fingerprint density at radius 2 is 2.18 bits per heavy atom. The zero-order valence-corrected chi connectivity index (χ0v) is 13.1. The zero-order chi connectivity index (χ0) is 15.5. The lowest BCUT2D eigenvalue weighted by Gasteiger charge is -2.32. The average molecular weight is 320 g/mol. The van der Waals surface area contributed by atoms with Gasteiger partial charge in [-0.2, -0.15) is 0 Å². The number of carbonyl (C=O) groups is 1. The summed E-state index contributed by atoms with van der Waals surface area (Å²) in [6.07, 6.45) is 3.52. The molecule has 1 aromatic heterocycles. The van der Waals surface area contributed by atoms with E-state index in [2.05, 4.69) is 10.5 Å². The van der Waals surface area contributed by atoms with Crippen LogP contribution in [0.25, 0.3) is 11.3 Å². The maximum atomic E-state index is 12.8. The number of likely N-dealkylation sites (N-methyl/N-ethyl adjacent to an activating group) is 1. The number of halogens is 1. The summed E-state index contributed by atoms with van der Waals surface area (Å²) >= 11 is 5.90. The fourth-order valence-corrected chi connectivity index (χ4v) is 2.90. The van der Waals surface area contributed by atoms with Crippen LogP contribution in [0.2, 0.25) is 5.02 Å². The van der Waals surface area contributed by atoms with Crippen molar-refractivity contribution in [1.82, 2.24) is 15.4 Å². The molecule has 0 unspecified atom stereocenters. The summed E-state index contributed by atoms with van der Waals surface area (Å²) in [5, 5.41) is 7.88. The Morgan fingerprint density at radius 3 is 2.91 bits per heavy atom. The van der Waals surface area contributed by atoms with Crippen LogP contribution in [0.1, 0.15) is 23.2 Å². The van der Waals surface area contributed by atoms with Gasteiger partial charge < -0.3 is 14.7 Å². The highest BCUT2D eigenvalue weighted by Crippen LogP contribution is 2.25. The van der Waals surface area contributed by atoms with Gasteiger partial charge in [-0.15, -0.1) is 0 Å². The maximum absolute atomic E-state index is 12.8. The summed E-state index contributed by atoms with van der Waals surface area (Å²) in [5.74, 6) is -0.0360.